The van der Waals surface area contributed by atoms with Gasteiger partial charge in [-0.2, -0.15) is 0 Å². The Morgan fingerprint density at radius 1 is 1.57 bits per heavy atom. The van der Waals surface area contributed by atoms with Gasteiger partial charge in [0.05, 0.1) is 17.9 Å². The van der Waals surface area contributed by atoms with Crippen LogP contribution in [0.4, 0.5) is 5.95 Å². The molecule has 0 aromatic carbocycles. The smallest absolute Gasteiger partial charge is 0.341 e. The van der Waals surface area contributed by atoms with Crippen molar-refractivity contribution < 1.29 is 9.53 Å². The van der Waals surface area contributed by atoms with Crippen molar-refractivity contribution in [3.8, 4) is 0 Å². The van der Waals surface area contributed by atoms with Crippen molar-refractivity contribution in [1.29, 1.82) is 0 Å². The van der Waals surface area contributed by atoms with Gasteiger partial charge in [-0.25, -0.2) is 14.8 Å². The van der Waals surface area contributed by atoms with Gasteiger partial charge in [-0.05, 0) is 52.1 Å². The van der Waals surface area contributed by atoms with Gasteiger partial charge in [-0.15, -0.1) is 0 Å². The molecule has 116 valence electrons. The highest BCUT2D eigenvalue weighted by molar-refractivity contribution is 5.90. The summed E-state index contributed by atoms with van der Waals surface area (Å²) in [5, 5.41) is 6.64. The number of esters is 1. The van der Waals surface area contributed by atoms with Crippen molar-refractivity contribution in [3.63, 3.8) is 0 Å². The van der Waals surface area contributed by atoms with Crippen LogP contribution in [0.5, 0.6) is 0 Å². The minimum Gasteiger partial charge on any atom is -0.462 e. The summed E-state index contributed by atoms with van der Waals surface area (Å²) in [6.07, 6.45) is 5.19. The van der Waals surface area contributed by atoms with Crippen LogP contribution in [-0.2, 0) is 4.74 Å². The van der Waals surface area contributed by atoms with Gasteiger partial charge in [-0.1, -0.05) is 0 Å². The fourth-order valence-corrected chi connectivity index (χ4v) is 2.52. The highest BCUT2D eigenvalue weighted by Crippen LogP contribution is 2.14. The molecule has 1 unspecified atom stereocenters. The average molecular weight is 292 g/mol. The first-order chi connectivity index (χ1) is 10.2. The summed E-state index contributed by atoms with van der Waals surface area (Å²) in [6.45, 7) is 7.03. The molecule has 1 aromatic heterocycles. The number of nitrogens with zero attached hydrogens (tertiary/aromatic N) is 2. The van der Waals surface area contributed by atoms with Crippen molar-refractivity contribution in [2.24, 2.45) is 5.92 Å². The van der Waals surface area contributed by atoms with Crippen molar-refractivity contribution in [1.82, 2.24) is 15.3 Å². The lowest BCUT2D eigenvalue weighted by Crippen LogP contribution is -2.30. The molecule has 6 nitrogen and oxygen atoms in total. The molecule has 1 saturated heterocycles. The molecule has 1 aliphatic heterocycles. The van der Waals surface area contributed by atoms with E-state index >= 15 is 0 Å². The van der Waals surface area contributed by atoms with E-state index in [9.17, 15) is 4.79 Å². The lowest BCUT2D eigenvalue weighted by atomic mass is 9.96. The summed E-state index contributed by atoms with van der Waals surface area (Å²) in [7, 11) is 0. The van der Waals surface area contributed by atoms with E-state index in [1.807, 2.05) is 0 Å². The number of hydrogen-bond donors (Lipinski definition) is 2. The first-order valence-electron chi connectivity index (χ1n) is 7.66. The summed E-state index contributed by atoms with van der Waals surface area (Å²) < 4.78 is 4.96. The molecule has 1 fully saturated rings. The molecule has 2 N–H and O–H groups in total. The molecule has 6 heteroatoms. The quantitative estimate of drug-likeness (QED) is 0.778. The Hall–Kier alpha value is -1.69. The maximum Gasteiger partial charge on any atom is 0.341 e. The normalized spacial score (nSPS) is 18.3. The van der Waals surface area contributed by atoms with E-state index in [1.54, 1.807) is 13.8 Å². The number of aromatic nitrogens is 2. The number of aryl methyl sites for hydroxylation is 1. The minimum absolute atomic E-state index is 0.355. The molecular formula is C15H24N4O2. The highest BCUT2D eigenvalue weighted by atomic mass is 16.5. The lowest BCUT2D eigenvalue weighted by Gasteiger charge is -2.22. The molecule has 0 amide bonds. The van der Waals surface area contributed by atoms with Crippen LogP contribution in [0.3, 0.4) is 0 Å². The Bertz CT molecular complexity index is 473. The predicted octanol–water partition coefficient (Wildman–Crippen LogP) is 1.76. The molecule has 2 rings (SSSR count). The van der Waals surface area contributed by atoms with Gasteiger partial charge < -0.3 is 15.4 Å². The Morgan fingerprint density at radius 3 is 3.10 bits per heavy atom. The van der Waals surface area contributed by atoms with E-state index in [2.05, 4.69) is 20.6 Å². The summed E-state index contributed by atoms with van der Waals surface area (Å²) in [4.78, 5) is 20.2. The average Bonchev–Trinajstić information content (AvgIpc) is 2.48. The standard InChI is InChI=1S/C15H24N4O2/c1-3-21-14(20)13-10-18-15(19-11(13)2)17-8-6-12-5-4-7-16-9-12/h10,12,16H,3-9H2,1-2H3,(H,17,18,19). The molecule has 0 saturated carbocycles. The van der Waals surface area contributed by atoms with Gasteiger partial charge in [0.15, 0.2) is 0 Å². The first kappa shape index (κ1) is 15.7. The fraction of sp³-hybridized carbons (Fsp3) is 0.667. The molecule has 0 spiro atoms. The zero-order valence-corrected chi connectivity index (χ0v) is 12.8. The number of ether oxygens (including phenoxy) is 1. The number of hydrogen-bond acceptors (Lipinski definition) is 6. The van der Waals surface area contributed by atoms with Crippen LogP contribution >= 0.6 is 0 Å². The van der Waals surface area contributed by atoms with Crippen molar-refractivity contribution in [2.45, 2.75) is 33.1 Å². The van der Waals surface area contributed by atoms with Crippen molar-refractivity contribution in [3.05, 3.63) is 17.5 Å². The Balaban J connectivity index is 1.83. The second-order valence-electron chi connectivity index (χ2n) is 5.34. The van der Waals surface area contributed by atoms with Gasteiger partial charge >= 0.3 is 5.97 Å². The maximum atomic E-state index is 11.7. The van der Waals surface area contributed by atoms with E-state index in [0.717, 1.165) is 32.0 Å². The van der Waals surface area contributed by atoms with Crippen LogP contribution in [0.25, 0.3) is 0 Å². The van der Waals surface area contributed by atoms with E-state index in [1.165, 1.54) is 19.0 Å². The number of carbonyl (C=O) groups excluding carboxylic acids is 1. The summed E-state index contributed by atoms with van der Waals surface area (Å²) in [5.41, 5.74) is 1.07. The van der Waals surface area contributed by atoms with E-state index in [4.69, 9.17) is 4.74 Å². The van der Waals surface area contributed by atoms with Crippen LogP contribution in [0.1, 0.15) is 42.2 Å². The van der Waals surface area contributed by atoms with Gasteiger partial charge in [0.2, 0.25) is 5.95 Å². The van der Waals surface area contributed by atoms with Gasteiger partial charge in [0, 0.05) is 12.7 Å². The topological polar surface area (TPSA) is 76.1 Å². The number of piperidine rings is 1. The molecule has 2 heterocycles. The predicted molar refractivity (Wildman–Crippen MR) is 81.4 cm³/mol. The maximum absolute atomic E-state index is 11.7. The Labute approximate surface area is 125 Å². The van der Waals surface area contributed by atoms with Crippen molar-refractivity contribution >= 4 is 11.9 Å². The SMILES string of the molecule is CCOC(=O)c1cnc(NCCC2CCCNC2)nc1C. The Morgan fingerprint density at radius 2 is 2.43 bits per heavy atom. The summed E-state index contributed by atoms with van der Waals surface area (Å²) in [6, 6.07) is 0. The molecule has 0 radical (unpaired) electrons. The molecule has 1 aliphatic rings. The third kappa shape index (κ3) is 4.67. The van der Waals surface area contributed by atoms with Crippen LogP contribution in [0.2, 0.25) is 0 Å². The van der Waals surface area contributed by atoms with Crippen LogP contribution in [-0.4, -0.2) is 42.2 Å². The van der Waals surface area contributed by atoms with Crippen LogP contribution in [0, 0.1) is 12.8 Å². The summed E-state index contributed by atoms with van der Waals surface area (Å²) in [5.74, 6) is 0.935. The monoisotopic (exact) mass is 292 g/mol. The van der Waals surface area contributed by atoms with E-state index in [0.29, 0.717) is 23.8 Å². The molecule has 1 aromatic rings. The van der Waals surface area contributed by atoms with Gasteiger partial charge in [-0.3, -0.25) is 0 Å². The molecule has 1 atom stereocenters. The van der Waals surface area contributed by atoms with E-state index < -0.39 is 0 Å². The first-order valence-corrected chi connectivity index (χ1v) is 7.66. The second-order valence-corrected chi connectivity index (χ2v) is 5.34. The van der Waals surface area contributed by atoms with Gasteiger partial charge in [0.1, 0.15) is 0 Å². The Kier molecular flexibility index (Phi) is 5.92. The van der Waals surface area contributed by atoms with Crippen LogP contribution in [0.15, 0.2) is 6.20 Å². The minimum atomic E-state index is -0.366. The fourth-order valence-electron chi connectivity index (χ4n) is 2.52. The largest absolute Gasteiger partial charge is 0.462 e. The number of anilines is 1. The number of nitrogens with one attached hydrogen (secondary N) is 2. The van der Waals surface area contributed by atoms with Crippen LogP contribution < -0.4 is 10.6 Å². The summed E-state index contributed by atoms with van der Waals surface area (Å²) >= 11 is 0. The molecule has 21 heavy (non-hydrogen) atoms. The third-order valence-electron chi connectivity index (χ3n) is 3.71. The lowest BCUT2D eigenvalue weighted by molar-refractivity contribution is 0.0524. The highest BCUT2D eigenvalue weighted by Gasteiger charge is 2.14. The molecular weight excluding hydrogens is 268 g/mol. The zero-order chi connectivity index (χ0) is 15.1. The van der Waals surface area contributed by atoms with Gasteiger partial charge in [0.25, 0.3) is 0 Å². The van der Waals surface area contributed by atoms with Crippen molar-refractivity contribution in [2.75, 3.05) is 31.6 Å². The molecule has 0 bridgehead atoms. The number of rotatable bonds is 6. The van der Waals surface area contributed by atoms with E-state index in [-0.39, 0.29) is 5.97 Å². The zero-order valence-electron chi connectivity index (χ0n) is 12.8. The second kappa shape index (κ2) is 7.93. The number of carbonyl (C=O) groups is 1. The molecule has 0 aliphatic carbocycles. The third-order valence-corrected chi connectivity index (χ3v) is 3.71.